The molecule has 0 radical (unpaired) electrons. The number of hydrogen-bond donors (Lipinski definition) is 4. The Morgan fingerprint density at radius 1 is 0.969 bits per heavy atom. The molecule has 168 valence electrons. The number of aliphatic hydroxyl groups excluding tert-OH is 4. The quantitative estimate of drug-likeness (QED) is 0.445. The first kappa shape index (κ1) is 20.7. The van der Waals surface area contributed by atoms with Gasteiger partial charge in [-0.3, -0.25) is 4.79 Å². The Hall–Kier alpha value is -3.15. The summed E-state index contributed by atoms with van der Waals surface area (Å²) in [5.41, 5.74) is 0.941. The van der Waals surface area contributed by atoms with Crippen LogP contribution < -0.4 is 19.6 Å². The second-order valence-electron chi connectivity index (χ2n) is 7.52. The molecule has 0 aliphatic carbocycles. The van der Waals surface area contributed by atoms with Crippen LogP contribution in [0.4, 0.5) is 0 Å². The molecule has 32 heavy (non-hydrogen) atoms. The highest BCUT2D eigenvalue weighted by atomic mass is 16.7. The van der Waals surface area contributed by atoms with Gasteiger partial charge in [0.15, 0.2) is 16.9 Å². The molecule has 0 bridgehead atoms. The zero-order valence-corrected chi connectivity index (χ0v) is 16.6. The third-order valence-electron chi connectivity index (χ3n) is 5.53. The van der Waals surface area contributed by atoms with Gasteiger partial charge in [-0.05, 0) is 29.8 Å². The minimum Gasteiger partial charge on any atom is -0.463 e. The Balaban J connectivity index is 1.43. The van der Waals surface area contributed by atoms with Gasteiger partial charge in [-0.15, -0.1) is 0 Å². The lowest BCUT2D eigenvalue weighted by molar-refractivity contribution is -0.277. The molecule has 4 N–H and O–H groups in total. The fraction of sp³-hybridized carbons (Fsp3) is 0.318. The van der Waals surface area contributed by atoms with Crippen LogP contribution in [0.1, 0.15) is 0 Å². The Morgan fingerprint density at radius 3 is 2.59 bits per heavy atom. The normalized spacial score (nSPS) is 26.9. The Morgan fingerprint density at radius 2 is 1.78 bits per heavy atom. The van der Waals surface area contributed by atoms with Crippen molar-refractivity contribution in [2.75, 3.05) is 13.4 Å². The number of aliphatic hydroxyl groups is 4. The highest BCUT2D eigenvalue weighted by Gasteiger charge is 2.44. The SMILES string of the molecule is O=c1c(-c2ccc3c(c2)OCO3)coc2cc(O[C@@H]3OC(CO)[C@@H](O)[C@H](O)C3O)ccc12. The third kappa shape index (κ3) is 3.48. The minimum atomic E-state index is -1.56. The van der Waals surface area contributed by atoms with Crippen LogP contribution in [-0.4, -0.2) is 64.5 Å². The van der Waals surface area contributed by atoms with Gasteiger partial charge in [0.25, 0.3) is 0 Å². The summed E-state index contributed by atoms with van der Waals surface area (Å²) in [6.45, 7) is -0.442. The van der Waals surface area contributed by atoms with Crippen molar-refractivity contribution in [3.8, 4) is 28.4 Å². The summed E-state index contributed by atoms with van der Waals surface area (Å²) in [5.74, 6) is 1.35. The second-order valence-corrected chi connectivity index (χ2v) is 7.52. The minimum absolute atomic E-state index is 0.127. The van der Waals surface area contributed by atoms with Crippen molar-refractivity contribution in [3.05, 3.63) is 52.9 Å². The summed E-state index contributed by atoms with van der Waals surface area (Å²) < 4.78 is 27.2. The van der Waals surface area contributed by atoms with Crippen molar-refractivity contribution < 1.29 is 43.8 Å². The van der Waals surface area contributed by atoms with Crippen molar-refractivity contribution in [3.63, 3.8) is 0 Å². The first-order chi connectivity index (χ1) is 15.5. The molecule has 2 aliphatic rings. The number of hydrogen-bond acceptors (Lipinski definition) is 10. The van der Waals surface area contributed by atoms with E-state index in [0.29, 0.717) is 28.0 Å². The molecule has 2 aromatic carbocycles. The predicted molar refractivity (Wildman–Crippen MR) is 108 cm³/mol. The fourth-order valence-electron chi connectivity index (χ4n) is 3.74. The Bertz CT molecular complexity index is 1200. The van der Waals surface area contributed by atoms with E-state index in [4.69, 9.17) is 23.4 Å². The zero-order valence-electron chi connectivity index (χ0n) is 16.6. The van der Waals surface area contributed by atoms with E-state index >= 15 is 0 Å². The lowest BCUT2D eigenvalue weighted by Gasteiger charge is -2.39. The standard InChI is InChI=1S/C22H20O10/c23-7-17-19(25)20(26)21(27)22(32-17)31-11-2-3-12-15(6-11)28-8-13(18(12)24)10-1-4-14-16(5-10)30-9-29-14/h1-6,8,17,19-23,25-27H,7,9H2/t17?,19-,20+,21?,22-/m1/s1. The molecular weight excluding hydrogens is 424 g/mol. The van der Waals surface area contributed by atoms with E-state index in [2.05, 4.69) is 0 Å². The highest BCUT2D eigenvalue weighted by Crippen LogP contribution is 2.35. The van der Waals surface area contributed by atoms with Gasteiger partial charge in [-0.1, -0.05) is 6.07 Å². The van der Waals surface area contributed by atoms with Crippen molar-refractivity contribution in [1.82, 2.24) is 0 Å². The second kappa shape index (κ2) is 8.08. The summed E-state index contributed by atoms with van der Waals surface area (Å²) in [6, 6.07) is 9.61. The highest BCUT2D eigenvalue weighted by molar-refractivity contribution is 5.83. The lowest BCUT2D eigenvalue weighted by Crippen LogP contribution is -2.60. The maximum absolute atomic E-state index is 13.0. The van der Waals surface area contributed by atoms with Gasteiger partial charge in [-0.2, -0.15) is 0 Å². The van der Waals surface area contributed by atoms with Crippen LogP contribution in [0.2, 0.25) is 0 Å². The molecule has 0 saturated carbocycles. The monoisotopic (exact) mass is 444 g/mol. The molecule has 1 saturated heterocycles. The van der Waals surface area contributed by atoms with E-state index in [1.807, 2.05) is 0 Å². The molecular formula is C22H20O10. The molecule has 0 spiro atoms. The summed E-state index contributed by atoms with van der Waals surface area (Å²) in [7, 11) is 0. The molecule has 0 amide bonds. The molecule has 5 rings (SSSR count). The van der Waals surface area contributed by atoms with Crippen LogP contribution in [0.3, 0.4) is 0 Å². The van der Waals surface area contributed by atoms with E-state index in [1.54, 1.807) is 18.2 Å². The van der Waals surface area contributed by atoms with E-state index in [0.717, 1.165) is 0 Å². The first-order valence-electron chi connectivity index (χ1n) is 9.89. The van der Waals surface area contributed by atoms with Crippen LogP contribution in [0.15, 0.2) is 51.9 Å². The largest absolute Gasteiger partial charge is 0.463 e. The molecule has 1 fully saturated rings. The average Bonchev–Trinajstić information content (AvgIpc) is 3.27. The van der Waals surface area contributed by atoms with Crippen molar-refractivity contribution in [1.29, 1.82) is 0 Å². The molecule has 2 unspecified atom stereocenters. The smallest absolute Gasteiger partial charge is 0.231 e. The Labute approximate surface area is 180 Å². The summed E-state index contributed by atoms with van der Waals surface area (Å²) in [5, 5.41) is 39.5. The molecule has 10 heteroatoms. The predicted octanol–water partition coefficient (Wildman–Crippen LogP) is 0.367. The van der Waals surface area contributed by atoms with Crippen LogP contribution in [-0.2, 0) is 4.74 Å². The van der Waals surface area contributed by atoms with E-state index < -0.39 is 37.3 Å². The zero-order chi connectivity index (χ0) is 22.4. The average molecular weight is 444 g/mol. The number of benzene rings is 2. The number of fused-ring (bicyclic) bond motifs is 2. The van der Waals surface area contributed by atoms with Gasteiger partial charge >= 0.3 is 0 Å². The molecule has 5 atom stereocenters. The van der Waals surface area contributed by atoms with E-state index in [1.165, 1.54) is 24.5 Å². The summed E-state index contributed by atoms with van der Waals surface area (Å²) in [4.78, 5) is 13.0. The van der Waals surface area contributed by atoms with Crippen molar-refractivity contribution >= 4 is 11.0 Å². The van der Waals surface area contributed by atoms with Crippen LogP contribution in [0.5, 0.6) is 17.2 Å². The fourth-order valence-corrected chi connectivity index (χ4v) is 3.74. The molecule has 10 nitrogen and oxygen atoms in total. The summed E-state index contributed by atoms with van der Waals surface area (Å²) >= 11 is 0. The van der Waals surface area contributed by atoms with Gasteiger partial charge in [-0.25, -0.2) is 0 Å². The molecule has 3 heterocycles. The first-order valence-corrected chi connectivity index (χ1v) is 9.89. The van der Waals surface area contributed by atoms with E-state index in [9.17, 15) is 25.2 Å². The van der Waals surface area contributed by atoms with Crippen LogP contribution in [0, 0.1) is 0 Å². The number of ether oxygens (including phenoxy) is 4. The van der Waals surface area contributed by atoms with Crippen LogP contribution in [0.25, 0.3) is 22.1 Å². The summed E-state index contributed by atoms with van der Waals surface area (Å²) in [6.07, 6.45) is -5.71. The van der Waals surface area contributed by atoms with Gasteiger partial charge in [0.1, 0.15) is 42.0 Å². The van der Waals surface area contributed by atoms with Crippen LogP contribution >= 0.6 is 0 Å². The third-order valence-corrected chi connectivity index (χ3v) is 5.53. The maximum Gasteiger partial charge on any atom is 0.231 e. The molecule has 2 aliphatic heterocycles. The molecule has 1 aromatic heterocycles. The Kier molecular flexibility index (Phi) is 5.24. The van der Waals surface area contributed by atoms with Gasteiger partial charge < -0.3 is 43.8 Å². The topological polar surface area (TPSA) is 148 Å². The van der Waals surface area contributed by atoms with Crippen molar-refractivity contribution in [2.24, 2.45) is 0 Å². The molecule has 3 aromatic rings. The number of rotatable bonds is 4. The van der Waals surface area contributed by atoms with Gasteiger partial charge in [0.2, 0.25) is 13.1 Å². The lowest BCUT2D eigenvalue weighted by atomic mass is 9.99. The van der Waals surface area contributed by atoms with E-state index in [-0.39, 0.29) is 23.6 Å². The maximum atomic E-state index is 13.0. The van der Waals surface area contributed by atoms with Crippen molar-refractivity contribution in [2.45, 2.75) is 30.7 Å². The van der Waals surface area contributed by atoms with Gasteiger partial charge in [0, 0.05) is 6.07 Å². The van der Waals surface area contributed by atoms with Gasteiger partial charge in [0.05, 0.1) is 17.6 Å².